The minimum Gasteiger partial charge on any atom is -0.354 e. The molecule has 9 heteroatoms. The highest BCUT2D eigenvalue weighted by molar-refractivity contribution is 8.05. The minimum atomic E-state index is -0.579. The summed E-state index contributed by atoms with van der Waals surface area (Å²) in [5, 5.41) is 13.2. The van der Waals surface area contributed by atoms with Gasteiger partial charge >= 0.3 is 0 Å². The molecule has 0 saturated carbocycles. The van der Waals surface area contributed by atoms with E-state index in [-0.39, 0.29) is 16.5 Å². The van der Waals surface area contributed by atoms with Gasteiger partial charge in [-0.25, -0.2) is 0 Å². The van der Waals surface area contributed by atoms with Crippen molar-refractivity contribution in [2.24, 2.45) is 0 Å². The van der Waals surface area contributed by atoms with Crippen molar-refractivity contribution in [3.63, 3.8) is 0 Å². The Labute approximate surface area is 187 Å². The van der Waals surface area contributed by atoms with Crippen LogP contribution >= 0.6 is 46.6 Å². The van der Waals surface area contributed by atoms with Crippen molar-refractivity contribution in [1.82, 2.24) is 5.32 Å². The van der Waals surface area contributed by atoms with Gasteiger partial charge in [-0.15, -0.1) is 0 Å². The number of halogens is 3. The first-order valence-electron chi connectivity index (χ1n) is 8.42. The fourth-order valence-electron chi connectivity index (χ4n) is 2.84. The van der Waals surface area contributed by atoms with Crippen LogP contribution in [-0.4, -0.2) is 24.1 Å². The normalized spacial score (nSPS) is 17.8. The van der Waals surface area contributed by atoms with Gasteiger partial charge in [0.05, 0.1) is 5.25 Å². The number of amides is 2. The van der Waals surface area contributed by atoms with Gasteiger partial charge in [-0.3, -0.25) is 14.5 Å². The third-order valence-corrected chi connectivity index (χ3v) is 6.35. The van der Waals surface area contributed by atoms with E-state index in [9.17, 15) is 14.9 Å². The van der Waals surface area contributed by atoms with E-state index in [4.69, 9.17) is 34.8 Å². The van der Waals surface area contributed by atoms with Crippen molar-refractivity contribution < 1.29 is 9.59 Å². The Morgan fingerprint density at radius 2 is 1.83 bits per heavy atom. The van der Waals surface area contributed by atoms with Crippen LogP contribution in [-0.2, 0) is 16.0 Å². The molecule has 1 aliphatic rings. The zero-order valence-corrected chi connectivity index (χ0v) is 18.2. The largest absolute Gasteiger partial charge is 0.354 e. The van der Waals surface area contributed by atoms with Crippen molar-refractivity contribution in [3.05, 3.63) is 73.7 Å². The monoisotopic (exact) mass is 465 g/mol. The summed E-state index contributed by atoms with van der Waals surface area (Å²) >= 11 is 19.4. The lowest BCUT2D eigenvalue weighted by Gasteiger charge is -2.18. The topological polar surface area (TPSA) is 73.2 Å². The molecule has 1 saturated heterocycles. The number of rotatable bonds is 4. The van der Waals surface area contributed by atoms with Crippen molar-refractivity contribution in [2.75, 3.05) is 11.9 Å². The number of carbonyl (C=O) groups excluding carboxylic acids is 2. The summed E-state index contributed by atoms with van der Waals surface area (Å²) in [6, 6.07) is 13.6. The molecule has 2 amide bonds. The molecular formula is C20H14Cl3N3O2S. The first kappa shape index (κ1) is 21.5. The summed E-state index contributed by atoms with van der Waals surface area (Å²) in [6.45, 7) is 0. The fourth-order valence-corrected chi connectivity index (χ4v) is 4.65. The van der Waals surface area contributed by atoms with Crippen LogP contribution in [0.4, 0.5) is 5.69 Å². The van der Waals surface area contributed by atoms with Gasteiger partial charge in [0.15, 0.2) is 0 Å². The number of hydrogen-bond acceptors (Lipinski definition) is 4. The van der Waals surface area contributed by atoms with Crippen LogP contribution in [0.1, 0.15) is 5.56 Å². The number of likely N-dealkylation sites (N-methyl/N-ethyl adjacent to an activating group) is 1. The van der Waals surface area contributed by atoms with Crippen LogP contribution < -0.4 is 10.2 Å². The third kappa shape index (κ3) is 4.54. The molecule has 0 spiro atoms. The van der Waals surface area contributed by atoms with Gasteiger partial charge in [-0.1, -0.05) is 46.6 Å². The van der Waals surface area contributed by atoms with E-state index in [1.165, 1.54) is 11.9 Å². The zero-order chi connectivity index (χ0) is 21.1. The molecule has 1 aliphatic heterocycles. The molecule has 1 fully saturated rings. The average molecular weight is 467 g/mol. The molecule has 2 aromatic carbocycles. The number of nitriles is 1. The number of benzene rings is 2. The Hall–Kier alpha value is -2.17. The maximum absolute atomic E-state index is 13.3. The molecule has 0 radical (unpaired) electrons. The molecule has 0 bridgehead atoms. The van der Waals surface area contributed by atoms with E-state index in [2.05, 4.69) is 5.32 Å². The Morgan fingerprint density at radius 1 is 1.17 bits per heavy atom. The molecule has 1 N–H and O–H groups in total. The first-order valence-corrected chi connectivity index (χ1v) is 10.4. The highest BCUT2D eigenvalue weighted by atomic mass is 35.5. The summed E-state index contributed by atoms with van der Waals surface area (Å²) < 4.78 is 0. The zero-order valence-electron chi connectivity index (χ0n) is 15.1. The Kier molecular flexibility index (Phi) is 6.76. The molecular weight excluding hydrogens is 453 g/mol. The van der Waals surface area contributed by atoms with Crippen LogP contribution in [0, 0.1) is 11.3 Å². The summed E-state index contributed by atoms with van der Waals surface area (Å²) in [5.41, 5.74) is 1.08. The van der Waals surface area contributed by atoms with E-state index in [0.717, 1.165) is 11.8 Å². The van der Waals surface area contributed by atoms with E-state index in [1.807, 2.05) is 6.07 Å². The maximum atomic E-state index is 13.3. The lowest BCUT2D eigenvalue weighted by molar-refractivity contribution is -0.117. The van der Waals surface area contributed by atoms with Gasteiger partial charge in [0.25, 0.3) is 5.91 Å². The third-order valence-electron chi connectivity index (χ3n) is 4.23. The van der Waals surface area contributed by atoms with Crippen molar-refractivity contribution in [1.29, 1.82) is 5.26 Å². The van der Waals surface area contributed by atoms with E-state index in [0.29, 0.717) is 32.7 Å². The average Bonchev–Trinajstić information content (AvgIpc) is 3.01. The molecule has 1 heterocycles. The van der Waals surface area contributed by atoms with E-state index < -0.39 is 11.2 Å². The number of nitrogens with zero attached hydrogens (tertiary/aromatic N) is 2. The molecule has 0 aromatic heterocycles. The number of anilines is 1. The van der Waals surface area contributed by atoms with Crippen LogP contribution in [0.5, 0.6) is 0 Å². The molecule has 29 heavy (non-hydrogen) atoms. The number of hydrogen-bond donors (Lipinski definition) is 1. The second-order valence-corrected chi connectivity index (χ2v) is 8.54. The Balaban J connectivity index is 2.06. The molecule has 5 nitrogen and oxygen atoms in total. The molecule has 1 atom stereocenters. The molecule has 148 valence electrons. The van der Waals surface area contributed by atoms with Gasteiger partial charge in [0.2, 0.25) is 5.91 Å². The van der Waals surface area contributed by atoms with E-state index in [1.54, 1.807) is 42.5 Å². The number of carbonyl (C=O) groups is 2. The highest BCUT2D eigenvalue weighted by Crippen LogP contribution is 2.42. The first-order chi connectivity index (χ1) is 13.8. The van der Waals surface area contributed by atoms with Gasteiger partial charge in [-0.05, 0) is 54.4 Å². The van der Waals surface area contributed by atoms with Gasteiger partial charge in [-0.2, -0.15) is 5.26 Å². The predicted molar refractivity (Wildman–Crippen MR) is 117 cm³/mol. The maximum Gasteiger partial charge on any atom is 0.264 e. The smallest absolute Gasteiger partial charge is 0.264 e. The lowest BCUT2D eigenvalue weighted by atomic mass is 10.1. The SMILES string of the molecule is CNC(=O)/C(C#N)=C1\SC(Cc2cc(Cl)ccc2Cl)C(=O)N1c1ccc(Cl)cc1. The Morgan fingerprint density at radius 3 is 2.45 bits per heavy atom. The molecule has 3 rings (SSSR count). The predicted octanol–water partition coefficient (Wildman–Crippen LogP) is 4.82. The molecule has 1 unspecified atom stereocenters. The van der Waals surface area contributed by atoms with Crippen LogP contribution in [0.3, 0.4) is 0 Å². The van der Waals surface area contributed by atoms with Crippen molar-refractivity contribution in [2.45, 2.75) is 11.7 Å². The van der Waals surface area contributed by atoms with E-state index >= 15 is 0 Å². The van der Waals surface area contributed by atoms with Crippen LogP contribution in [0.25, 0.3) is 0 Å². The van der Waals surface area contributed by atoms with Crippen molar-refractivity contribution >= 4 is 64.1 Å². The molecule has 0 aliphatic carbocycles. The quantitative estimate of drug-likeness (QED) is 0.518. The summed E-state index contributed by atoms with van der Waals surface area (Å²) in [7, 11) is 1.43. The van der Waals surface area contributed by atoms with Crippen molar-refractivity contribution in [3.8, 4) is 6.07 Å². The van der Waals surface area contributed by atoms with Crippen LogP contribution in [0.15, 0.2) is 53.1 Å². The second kappa shape index (κ2) is 9.10. The van der Waals surface area contributed by atoms with Gasteiger partial charge < -0.3 is 5.32 Å². The number of thioether (sulfide) groups is 1. The Bertz CT molecular complexity index is 1050. The highest BCUT2D eigenvalue weighted by Gasteiger charge is 2.40. The summed E-state index contributed by atoms with van der Waals surface area (Å²) in [4.78, 5) is 26.9. The summed E-state index contributed by atoms with van der Waals surface area (Å²) in [5.74, 6) is -0.830. The number of nitrogens with one attached hydrogen (secondary N) is 1. The lowest BCUT2D eigenvalue weighted by Crippen LogP contribution is -2.31. The van der Waals surface area contributed by atoms with Crippen LogP contribution in [0.2, 0.25) is 15.1 Å². The van der Waals surface area contributed by atoms with Gasteiger partial charge in [0.1, 0.15) is 16.7 Å². The fraction of sp³-hybridized carbons (Fsp3) is 0.150. The second-order valence-electron chi connectivity index (χ2n) is 6.07. The standard InChI is InChI=1S/C20H14Cl3N3O2S/c1-25-18(27)15(10-24)20-26(14-5-2-12(21)3-6-14)19(28)17(29-20)9-11-8-13(22)4-7-16(11)23/h2-8,17H,9H2,1H3,(H,25,27)/b20-15-. The summed E-state index contributed by atoms with van der Waals surface area (Å²) in [6.07, 6.45) is 0.295. The molecule has 2 aromatic rings. The van der Waals surface area contributed by atoms with Gasteiger partial charge in [0, 0.05) is 27.8 Å². The minimum absolute atomic E-state index is 0.138.